The van der Waals surface area contributed by atoms with Gasteiger partial charge in [0.15, 0.2) is 0 Å². The first-order chi connectivity index (χ1) is 14.1. The van der Waals surface area contributed by atoms with Gasteiger partial charge in [-0.05, 0) is 54.6 Å². The Bertz CT molecular complexity index is 1090. The molecule has 0 aliphatic rings. The van der Waals surface area contributed by atoms with Crippen LogP contribution in [-0.2, 0) is 0 Å². The monoisotopic (exact) mass is 393 g/mol. The Hall–Kier alpha value is -3.85. The summed E-state index contributed by atoms with van der Waals surface area (Å²) in [6, 6.07) is 13.3. The largest absolute Gasteiger partial charge is 0.394 e. The zero-order chi connectivity index (χ0) is 20.2. The third-order valence-corrected chi connectivity index (χ3v) is 4.23. The van der Waals surface area contributed by atoms with E-state index in [0.29, 0.717) is 11.4 Å². The van der Waals surface area contributed by atoms with Crippen LogP contribution in [0.3, 0.4) is 0 Å². The molecular formula is C20H16FN5O3. The first-order valence-electron chi connectivity index (χ1n) is 8.75. The highest BCUT2D eigenvalue weighted by Gasteiger charge is 2.21. The fourth-order valence-corrected chi connectivity index (χ4v) is 2.71. The standard InChI is InChI=1S/C20H16FN5O3/c21-15-6-2-14(3-7-15)19(28)23-17(12-27)20-24-18(25-29-20)13-4-8-16(9-5-13)26-11-1-10-22-26/h1-11,17,27H,12H2,(H,23,28)/t17-/m0/s1. The van der Waals surface area contributed by atoms with Gasteiger partial charge in [0.2, 0.25) is 5.82 Å². The number of benzene rings is 2. The zero-order valence-electron chi connectivity index (χ0n) is 15.1. The molecule has 146 valence electrons. The van der Waals surface area contributed by atoms with Crippen LogP contribution in [0, 0.1) is 5.82 Å². The van der Waals surface area contributed by atoms with Crippen LogP contribution in [0.4, 0.5) is 4.39 Å². The quantitative estimate of drug-likeness (QED) is 0.521. The Labute approximate surface area is 164 Å². The van der Waals surface area contributed by atoms with Gasteiger partial charge in [0.05, 0.1) is 12.3 Å². The van der Waals surface area contributed by atoms with Crippen molar-refractivity contribution in [2.24, 2.45) is 0 Å². The summed E-state index contributed by atoms with van der Waals surface area (Å²) in [6.45, 7) is -0.438. The summed E-state index contributed by atoms with van der Waals surface area (Å²) >= 11 is 0. The Morgan fingerprint density at radius 3 is 2.59 bits per heavy atom. The SMILES string of the molecule is O=C(N[C@@H](CO)c1nc(-c2ccc(-n3cccn3)cc2)no1)c1ccc(F)cc1. The highest BCUT2D eigenvalue weighted by atomic mass is 19.1. The van der Waals surface area contributed by atoms with E-state index in [9.17, 15) is 14.3 Å². The first kappa shape index (κ1) is 18.5. The highest BCUT2D eigenvalue weighted by Crippen LogP contribution is 2.20. The highest BCUT2D eigenvalue weighted by molar-refractivity contribution is 5.94. The number of carbonyl (C=O) groups excluding carboxylic acids is 1. The molecule has 0 aliphatic heterocycles. The van der Waals surface area contributed by atoms with E-state index in [0.717, 1.165) is 5.69 Å². The van der Waals surface area contributed by atoms with Crippen molar-refractivity contribution in [2.75, 3.05) is 6.61 Å². The molecule has 29 heavy (non-hydrogen) atoms. The van der Waals surface area contributed by atoms with E-state index in [1.54, 1.807) is 10.9 Å². The van der Waals surface area contributed by atoms with Crippen LogP contribution < -0.4 is 5.32 Å². The molecule has 8 nitrogen and oxygen atoms in total. The average molecular weight is 393 g/mol. The molecule has 2 aromatic carbocycles. The molecule has 2 heterocycles. The molecule has 0 bridgehead atoms. The Morgan fingerprint density at radius 1 is 1.17 bits per heavy atom. The molecule has 9 heteroatoms. The smallest absolute Gasteiger partial charge is 0.251 e. The van der Waals surface area contributed by atoms with Crippen LogP contribution in [0.5, 0.6) is 0 Å². The van der Waals surface area contributed by atoms with Gasteiger partial charge in [-0.1, -0.05) is 5.16 Å². The summed E-state index contributed by atoms with van der Waals surface area (Å²) in [6.07, 6.45) is 3.52. The molecule has 2 N–H and O–H groups in total. The Balaban J connectivity index is 1.49. The normalized spacial score (nSPS) is 11.9. The number of amides is 1. The van der Waals surface area contributed by atoms with Crippen molar-refractivity contribution in [1.29, 1.82) is 0 Å². The topological polar surface area (TPSA) is 106 Å². The lowest BCUT2D eigenvalue weighted by molar-refractivity contribution is 0.0901. The van der Waals surface area contributed by atoms with Gasteiger partial charge in [0.1, 0.15) is 11.9 Å². The van der Waals surface area contributed by atoms with Crippen molar-refractivity contribution in [3.63, 3.8) is 0 Å². The summed E-state index contributed by atoms with van der Waals surface area (Å²) < 4.78 is 19.9. The Morgan fingerprint density at radius 2 is 1.93 bits per heavy atom. The number of nitrogens with one attached hydrogen (secondary N) is 1. The maximum Gasteiger partial charge on any atom is 0.251 e. The van der Waals surface area contributed by atoms with Crippen LogP contribution in [-0.4, -0.2) is 37.5 Å². The molecule has 0 fully saturated rings. The minimum absolute atomic E-state index is 0.0640. The van der Waals surface area contributed by atoms with Gasteiger partial charge >= 0.3 is 0 Å². The third-order valence-electron chi connectivity index (χ3n) is 4.23. The van der Waals surface area contributed by atoms with Crippen molar-refractivity contribution in [1.82, 2.24) is 25.2 Å². The number of nitrogens with zero attached hydrogens (tertiary/aromatic N) is 4. The number of carbonyl (C=O) groups is 1. The number of rotatable bonds is 6. The predicted octanol–water partition coefficient (Wildman–Crippen LogP) is 2.52. The van der Waals surface area contributed by atoms with Crippen LogP contribution >= 0.6 is 0 Å². The summed E-state index contributed by atoms with van der Waals surface area (Å²) in [5.74, 6) is -0.552. The molecule has 0 spiro atoms. The van der Waals surface area contributed by atoms with Crippen molar-refractivity contribution in [2.45, 2.75) is 6.04 Å². The lowest BCUT2D eigenvalue weighted by Gasteiger charge is -2.12. The molecule has 1 amide bonds. The number of halogens is 1. The van der Waals surface area contributed by atoms with E-state index >= 15 is 0 Å². The average Bonchev–Trinajstić information content (AvgIpc) is 3.45. The molecule has 0 radical (unpaired) electrons. The van der Waals surface area contributed by atoms with Gasteiger partial charge in [-0.2, -0.15) is 10.1 Å². The second-order valence-corrected chi connectivity index (χ2v) is 6.17. The molecule has 4 aromatic rings. The van der Waals surface area contributed by atoms with E-state index in [1.165, 1.54) is 24.3 Å². The molecule has 4 rings (SSSR count). The molecular weight excluding hydrogens is 377 g/mol. The van der Waals surface area contributed by atoms with E-state index < -0.39 is 24.4 Å². The van der Waals surface area contributed by atoms with Gasteiger partial charge in [0, 0.05) is 23.5 Å². The molecule has 0 saturated heterocycles. The molecule has 1 atom stereocenters. The summed E-state index contributed by atoms with van der Waals surface area (Å²) in [4.78, 5) is 16.6. The van der Waals surface area contributed by atoms with Gasteiger partial charge in [-0.3, -0.25) is 4.79 Å². The summed E-state index contributed by atoms with van der Waals surface area (Å²) in [5.41, 5.74) is 1.83. The van der Waals surface area contributed by atoms with E-state index in [1.807, 2.05) is 36.5 Å². The number of aliphatic hydroxyl groups is 1. The number of aromatic nitrogens is 4. The van der Waals surface area contributed by atoms with Crippen LogP contribution in [0.2, 0.25) is 0 Å². The van der Waals surface area contributed by atoms with E-state index in [-0.39, 0.29) is 11.5 Å². The van der Waals surface area contributed by atoms with Gasteiger partial charge in [0.25, 0.3) is 11.8 Å². The van der Waals surface area contributed by atoms with E-state index in [4.69, 9.17) is 4.52 Å². The molecule has 2 aromatic heterocycles. The third kappa shape index (κ3) is 4.04. The minimum Gasteiger partial charge on any atom is -0.394 e. The maximum atomic E-state index is 13.0. The van der Waals surface area contributed by atoms with Gasteiger partial charge in [-0.15, -0.1) is 0 Å². The zero-order valence-corrected chi connectivity index (χ0v) is 15.1. The number of hydrogen-bond acceptors (Lipinski definition) is 6. The second kappa shape index (κ2) is 8.03. The lowest BCUT2D eigenvalue weighted by Crippen LogP contribution is -2.31. The summed E-state index contributed by atoms with van der Waals surface area (Å²) in [5, 5.41) is 20.3. The lowest BCUT2D eigenvalue weighted by atomic mass is 10.2. The van der Waals surface area contributed by atoms with Crippen LogP contribution in [0.1, 0.15) is 22.3 Å². The molecule has 0 unspecified atom stereocenters. The van der Waals surface area contributed by atoms with Crippen LogP contribution in [0.15, 0.2) is 71.5 Å². The summed E-state index contributed by atoms with van der Waals surface area (Å²) in [7, 11) is 0. The fraction of sp³-hybridized carbons (Fsp3) is 0.100. The van der Waals surface area contributed by atoms with Crippen molar-refractivity contribution >= 4 is 5.91 Å². The van der Waals surface area contributed by atoms with E-state index in [2.05, 4.69) is 20.6 Å². The predicted molar refractivity (Wildman–Crippen MR) is 101 cm³/mol. The van der Waals surface area contributed by atoms with Crippen molar-refractivity contribution in [3.8, 4) is 17.1 Å². The van der Waals surface area contributed by atoms with Crippen molar-refractivity contribution in [3.05, 3.63) is 84.3 Å². The van der Waals surface area contributed by atoms with Gasteiger partial charge < -0.3 is 14.9 Å². The Kier molecular flexibility index (Phi) is 5.12. The second-order valence-electron chi connectivity index (χ2n) is 6.17. The first-order valence-corrected chi connectivity index (χ1v) is 8.75. The maximum absolute atomic E-state index is 13.0. The minimum atomic E-state index is -0.892. The van der Waals surface area contributed by atoms with Gasteiger partial charge in [-0.25, -0.2) is 9.07 Å². The molecule has 0 saturated carbocycles. The number of hydrogen-bond donors (Lipinski definition) is 2. The fourth-order valence-electron chi connectivity index (χ4n) is 2.71. The van der Waals surface area contributed by atoms with Crippen molar-refractivity contribution < 1.29 is 18.8 Å². The number of aliphatic hydroxyl groups excluding tert-OH is 1. The van der Waals surface area contributed by atoms with Crippen LogP contribution in [0.25, 0.3) is 17.1 Å². The molecule has 0 aliphatic carbocycles.